The van der Waals surface area contributed by atoms with Crippen LogP contribution in [0.1, 0.15) is 16.8 Å². The first-order valence-electron chi connectivity index (χ1n) is 9.54. The predicted molar refractivity (Wildman–Crippen MR) is 117 cm³/mol. The molecule has 0 atom stereocenters. The highest BCUT2D eigenvalue weighted by atomic mass is 79.9. The Bertz CT molecular complexity index is 1010. The summed E-state index contributed by atoms with van der Waals surface area (Å²) >= 11 is 4.95. The van der Waals surface area contributed by atoms with Gasteiger partial charge in [0, 0.05) is 36.2 Å². The van der Waals surface area contributed by atoms with Crippen LogP contribution >= 0.6 is 27.3 Å². The molecular weight excluding hydrogens is 457 g/mol. The third kappa shape index (κ3) is 5.01. The molecule has 1 fully saturated rings. The summed E-state index contributed by atoms with van der Waals surface area (Å²) in [4.78, 5) is 21.9. The zero-order valence-corrected chi connectivity index (χ0v) is 18.2. The van der Waals surface area contributed by atoms with Crippen LogP contribution in [0.2, 0.25) is 0 Å². The van der Waals surface area contributed by atoms with Gasteiger partial charge in [0.15, 0.2) is 5.13 Å². The number of rotatable bonds is 6. The lowest BCUT2D eigenvalue weighted by Crippen LogP contribution is -2.39. The molecule has 1 aliphatic rings. The number of ether oxygens (including phenoxy) is 1. The Balaban J connectivity index is 1.57. The van der Waals surface area contributed by atoms with Gasteiger partial charge in [0.2, 0.25) is 0 Å². The minimum Gasteiger partial charge on any atom is -0.379 e. The topological polar surface area (TPSA) is 45.7 Å². The van der Waals surface area contributed by atoms with Crippen LogP contribution < -0.4 is 4.90 Å². The number of hydrogen-bond donors (Lipinski definition) is 0. The van der Waals surface area contributed by atoms with Gasteiger partial charge in [-0.15, -0.1) is 0 Å². The van der Waals surface area contributed by atoms with Crippen LogP contribution in [0.15, 0.2) is 46.9 Å². The number of anilines is 1. The summed E-state index contributed by atoms with van der Waals surface area (Å²) in [5.74, 6) is -0.651. The van der Waals surface area contributed by atoms with Crippen LogP contribution in [0.5, 0.6) is 0 Å². The highest BCUT2D eigenvalue weighted by Crippen LogP contribution is 2.31. The highest BCUT2D eigenvalue weighted by molar-refractivity contribution is 9.10. The van der Waals surface area contributed by atoms with Gasteiger partial charge in [-0.25, -0.2) is 9.37 Å². The van der Waals surface area contributed by atoms with Gasteiger partial charge in [0.1, 0.15) is 5.82 Å². The molecule has 5 nitrogen and oxygen atoms in total. The molecule has 8 heteroatoms. The molecule has 0 N–H and O–H groups in total. The monoisotopic (exact) mass is 477 g/mol. The van der Waals surface area contributed by atoms with Gasteiger partial charge in [0.05, 0.1) is 23.4 Å². The number of carbonyl (C=O) groups is 1. The zero-order chi connectivity index (χ0) is 20.2. The highest BCUT2D eigenvalue weighted by Gasteiger charge is 2.22. The maximum absolute atomic E-state index is 13.7. The van der Waals surface area contributed by atoms with E-state index in [-0.39, 0.29) is 5.91 Å². The fourth-order valence-electron chi connectivity index (χ4n) is 3.34. The van der Waals surface area contributed by atoms with Crippen LogP contribution in [-0.2, 0) is 4.74 Å². The van der Waals surface area contributed by atoms with Crippen molar-refractivity contribution in [3.8, 4) is 0 Å². The van der Waals surface area contributed by atoms with Gasteiger partial charge in [-0.1, -0.05) is 33.3 Å². The van der Waals surface area contributed by atoms with Crippen LogP contribution in [0.4, 0.5) is 9.52 Å². The van der Waals surface area contributed by atoms with Crippen molar-refractivity contribution in [3.05, 3.63) is 58.3 Å². The number of nitrogens with zero attached hydrogens (tertiary/aromatic N) is 3. The van der Waals surface area contributed by atoms with Crippen LogP contribution in [0.3, 0.4) is 0 Å². The lowest BCUT2D eigenvalue weighted by Gasteiger charge is -2.27. The average molecular weight is 478 g/mol. The molecule has 29 heavy (non-hydrogen) atoms. The predicted octanol–water partition coefficient (Wildman–Crippen LogP) is 4.57. The number of amides is 1. The zero-order valence-electron chi connectivity index (χ0n) is 15.8. The van der Waals surface area contributed by atoms with E-state index >= 15 is 0 Å². The van der Waals surface area contributed by atoms with Gasteiger partial charge in [-0.05, 0) is 42.8 Å². The minimum atomic E-state index is -0.419. The maximum atomic E-state index is 13.7. The Labute approximate surface area is 181 Å². The summed E-state index contributed by atoms with van der Waals surface area (Å²) in [6.07, 6.45) is 0.806. The molecule has 1 aliphatic heterocycles. The van der Waals surface area contributed by atoms with Gasteiger partial charge < -0.3 is 4.74 Å². The van der Waals surface area contributed by atoms with Gasteiger partial charge in [-0.2, -0.15) is 0 Å². The van der Waals surface area contributed by atoms with Crippen LogP contribution in [-0.4, -0.2) is 55.2 Å². The first kappa shape index (κ1) is 20.4. The Morgan fingerprint density at radius 3 is 2.86 bits per heavy atom. The number of carbonyl (C=O) groups excluding carboxylic acids is 1. The molecule has 152 valence electrons. The molecule has 1 aromatic heterocycles. The normalized spacial score (nSPS) is 15.0. The number of aromatic nitrogens is 1. The van der Waals surface area contributed by atoms with Gasteiger partial charge in [-0.3, -0.25) is 14.6 Å². The fourth-order valence-corrected chi connectivity index (χ4v) is 4.88. The molecule has 0 radical (unpaired) electrons. The van der Waals surface area contributed by atoms with E-state index in [1.807, 2.05) is 18.2 Å². The van der Waals surface area contributed by atoms with E-state index in [2.05, 4.69) is 25.8 Å². The van der Waals surface area contributed by atoms with E-state index in [1.54, 1.807) is 17.0 Å². The Hall–Kier alpha value is -1.87. The van der Waals surface area contributed by atoms with E-state index in [4.69, 9.17) is 4.74 Å². The van der Waals surface area contributed by atoms with E-state index in [9.17, 15) is 9.18 Å². The molecule has 3 aromatic rings. The van der Waals surface area contributed by atoms with Crippen molar-refractivity contribution in [1.82, 2.24) is 9.88 Å². The standard InChI is InChI=1S/C21H21BrFN3O2S/c22-16-5-6-18-19(14-16)29-21(24-18)26(8-2-7-25-9-11-28-12-10-25)20(27)15-3-1-4-17(23)13-15/h1,3-6,13-14H,2,7-12H2. The number of morpholine rings is 1. The molecule has 0 spiro atoms. The average Bonchev–Trinajstić information content (AvgIpc) is 3.14. The van der Waals surface area contributed by atoms with Gasteiger partial charge >= 0.3 is 0 Å². The summed E-state index contributed by atoms with van der Waals surface area (Å²) in [5, 5.41) is 0.634. The third-order valence-electron chi connectivity index (χ3n) is 4.85. The van der Waals surface area contributed by atoms with Crippen molar-refractivity contribution in [2.75, 3.05) is 44.3 Å². The third-order valence-corrected chi connectivity index (χ3v) is 6.38. The minimum absolute atomic E-state index is 0.232. The van der Waals surface area contributed by atoms with Crippen molar-refractivity contribution in [2.24, 2.45) is 0 Å². The van der Waals surface area contributed by atoms with Gasteiger partial charge in [0.25, 0.3) is 5.91 Å². The van der Waals surface area contributed by atoms with Crippen LogP contribution in [0, 0.1) is 5.82 Å². The molecule has 0 saturated carbocycles. The number of benzene rings is 2. The maximum Gasteiger partial charge on any atom is 0.260 e. The largest absolute Gasteiger partial charge is 0.379 e. The second kappa shape index (κ2) is 9.30. The first-order valence-corrected chi connectivity index (χ1v) is 11.1. The van der Waals surface area contributed by atoms with Crippen molar-refractivity contribution in [3.63, 3.8) is 0 Å². The van der Waals surface area contributed by atoms with Crippen molar-refractivity contribution in [1.29, 1.82) is 0 Å². The molecular formula is C21H21BrFN3O2S. The summed E-state index contributed by atoms with van der Waals surface area (Å²) < 4.78 is 21.1. The Morgan fingerprint density at radius 2 is 2.07 bits per heavy atom. The SMILES string of the molecule is O=C(c1cccc(F)c1)N(CCCN1CCOCC1)c1nc2ccc(Br)cc2s1. The Kier molecular flexibility index (Phi) is 6.54. The molecule has 0 unspecified atom stereocenters. The fraction of sp³-hybridized carbons (Fsp3) is 0.333. The van der Waals surface area contributed by atoms with Crippen molar-refractivity contribution < 1.29 is 13.9 Å². The number of fused-ring (bicyclic) bond motifs is 1. The molecule has 2 aromatic carbocycles. The number of hydrogen-bond acceptors (Lipinski definition) is 5. The summed E-state index contributed by atoms with van der Waals surface area (Å²) in [7, 11) is 0. The van der Waals surface area contributed by atoms with E-state index in [1.165, 1.54) is 23.5 Å². The lowest BCUT2D eigenvalue weighted by atomic mass is 10.2. The van der Waals surface area contributed by atoms with E-state index < -0.39 is 5.82 Å². The summed E-state index contributed by atoms with van der Waals surface area (Å²) in [5.41, 5.74) is 1.18. The number of thiazole rings is 1. The molecule has 2 heterocycles. The molecule has 4 rings (SSSR count). The van der Waals surface area contributed by atoms with Crippen molar-refractivity contribution >= 4 is 48.5 Å². The van der Waals surface area contributed by atoms with Crippen LogP contribution in [0.25, 0.3) is 10.2 Å². The first-order chi connectivity index (χ1) is 14.1. The summed E-state index contributed by atoms with van der Waals surface area (Å²) in [6.45, 7) is 4.72. The molecule has 1 saturated heterocycles. The molecule has 0 bridgehead atoms. The Morgan fingerprint density at radius 1 is 1.24 bits per heavy atom. The molecule has 0 aliphatic carbocycles. The smallest absolute Gasteiger partial charge is 0.260 e. The second-order valence-electron chi connectivity index (χ2n) is 6.88. The molecule has 1 amide bonds. The second-order valence-corrected chi connectivity index (χ2v) is 8.81. The number of halogens is 2. The van der Waals surface area contributed by atoms with E-state index in [0.717, 1.165) is 54.0 Å². The summed E-state index contributed by atoms with van der Waals surface area (Å²) in [6, 6.07) is 11.7. The van der Waals surface area contributed by atoms with E-state index in [0.29, 0.717) is 17.2 Å². The van der Waals surface area contributed by atoms with Crippen molar-refractivity contribution in [2.45, 2.75) is 6.42 Å². The quantitative estimate of drug-likeness (QED) is 0.521. The lowest BCUT2D eigenvalue weighted by molar-refractivity contribution is 0.0376.